The Morgan fingerprint density at radius 1 is 0.773 bits per heavy atom. The Labute approximate surface area is 138 Å². The zero-order valence-electron chi connectivity index (χ0n) is 15.4. The molecule has 4 aliphatic carbocycles. The first-order valence-electron chi connectivity index (χ1n) is 10.1. The van der Waals surface area contributed by atoms with Crippen LogP contribution in [0.2, 0.25) is 0 Å². The Morgan fingerprint density at radius 3 is 2.36 bits per heavy atom. The maximum atomic E-state index is 2.72. The van der Waals surface area contributed by atoms with Crippen molar-refractivity contribution in [3.05, 3.63) is 0 Å². The average Bonchev–Trinajstić information content (AvgIpc) is 2.87. The number of hydrogen-bond acceptors (Lipinski definition) is 1. The molecule has 0 amide bonds. The van der Waals surface area contributed by atoms with Crippen LogP contribution in [0.4, 0.5) is 0 Å². The Balaban J connectivity index is 1.68. The number of rotatable bonds is 1. The SMILES string of the molecule is CN(C)C1CCCC2CCC3C4CCCC4(C)CCC3C21C. The minimum atomic E-state index is 0.606. The summed E-state index contributed by atoms with van der Waals surface area (Å²) >= 11 is 0. The molecule has 0 radical (unpaired) electrons. The first-order valence-corrected chi connectivity index (χ1v) is 10.1. The fourth-order valence-electron chi connectivity index (χ4n) is 8.12. The average molecular weight is 304 g/mol. The van der Waals surface area contributed by atoms with Crippen LogP contribution in [0, 0.1) is 34.5 Å². The smallest absolute Gasteiger partial charge is 0.0148 e. The van der Waals surface area contributed by atoms with Crippen LogP contribution in [-0.4, -0.2) is 25.0 Å². The van der Waals surface area contributed by atoms with Gasteiger partial charge >= 0.3 is 0 Å². The van der Waals surface area contributed by atoms with E-state index in [1.54, 1.807) is 12.8 Å². The molecule has 7 atom stereocenters. The summed E-state index contributed by atoms with van der Waals surface area (Å²) in [5.74, 6) is 4.16. The number of fused-ring (bicyclic) bond motifs is 5. The van der Waals surface area contributed by atoms with Crippen molar-refractivity contribution < 1.29 is 0 Å². The molecule has 22 heavy (non-hydrogen) atoms. The van der Waals surface area contributed by atoms with Gasteiger partial charge in [0, 0.05) is 6.04 Å². The van der Waals surface area contributed by atoms with Crippen molar-refractivity contribution in [1.82, 2.24) is 4.90 Å². The van der Waals surface area contributed by atoms with E-state index >= 15 is 0 Å². The second-order valence-corrected chi connectivity index (χ2v) is 10.0. The Morgan fingerprint density at radius 2 is 1.59 bits per heavy atom. The number of hydrogen-bond donors (Lipinski definition) is 0. The lowest BCUT2D eigenvalue weighted by Gasteiger charge is -2.63. The van der Waals surface area contributed by atoms with Gasteiger partial charge in [-0.25, -0.2) is 0 Å². The van der Waals surface area contributed by atoms with Gasteiger partial charge in [-0.1, -0.05) is 26.7 Å². The molecule has 4 aliphatic rings. The molecule has 0 heterocycles. The topological polar surface area (TPSA) is 3.24 Å². The zero-order valence-corrected chi connectivity index (χ0v) is 15.4. The summed E-state index contributed by atoms with van der Waals surface area (Å²) in [7, 11) is 4.70. The lowest BCUT2D eigenvalue weighted by Crippen LogP contribution is -2.60. The van der Waals surface area contributed by atoms with Gasteiger partial charge in [0.1, 0.15) is 0 Å². The molecule has 0 N–H and O–H groups in total. The van der Waals surface area contributed by atoms with Gasteiger partial charge in [-0.3, -0.25) is 0 Å². The van der Waals surface area contributed by atoms with E-state index in [0.29, 0.717) is 10.8 Å². The van der Waals surface area contributed by atoms with Gasteiger partial charge in [-0.05, 0) is 100.0 Å². The van der Waals surface area contributed by atoms with Crippen molar-refractivity contribution in [3.63, 3.8) is 0 Å². The highest BCUT2D eigenvalue weighted by molar-refractivity contribution is 5.10. The molecular formula is C21H37N. The number of nitrogens with zero attached hydrogens (tertiary/aromatic N) is 1. The first kappa shape index (κ1) is 15.5. The summed E-state index contributed by atoms with van der Waals surface area (Å²) in [6, 6.07) is 0.838. The molecule has 1 heteroatoms. The summed E-state index contributed by atoms with van der Waals surface area (Å²) in [6.07, 6.45) is 15.2. The minimum Gasteiger partial charge on any atom is -0.306 e. The lowest BCUT2D eigenvalue weighted by atomic mass is 9.44. The monoisotopic (exact) mass is 303 g/mol. The van der Waals surface area contributed by atoms with E-state index < -0.39 is 0 Å². The third kappa shape index (κ3) is 2.00. The Bertz CT molecular complexity index is 430. The molecule has 0 saturated heterocycles. The van der Waals surface area contributed by atoms with E-state index in [0.717, 1.165) is 29.7 Å². The van der Waals surface area contributed by atoms with Crippen molar-refractivity contribution in [2.75, 3.05) is 14.1 Å². The molecule has 0 aromatic carbocycles. The third-order valence-corrected chi connectivity index (χ3v) is 9.12. The first-order chi connectivity index (χ1) is 10.5. The Hall–Kier alpha value is -0.0400. The van der Waals surface area contributed by atoms with Crippen molar-refractivity contribution in [1.29, 1.82) is 0 Å². The largest absolute Gasteiger partial charge is 0.306 e. The quantitative estimate of drug-likeness (QED) is 0.631. The standard InChI is InChI=1S/C21H37N/c1-20-13-6-8-17(20)16-11-10-15-7-5-9-19(22(3)4)21(15,2)18(16)12-14-20/h15-19H,5-14H2,1-4H3. The van der Waals surface area contributed by atoms with Crippen LogP contribution < -0.4 is 0 Å². The van der Waals surface area contributed by atoms with Crippen molar-refractivity contribution in [2.45, 2.75) is 84.1 Å². The van der Waals surface area contributed by atoms with E-state index in [-0.39, 0.29) is 0 Å². The van der Waals surface area contributed by atoms with Gasteiger partial charge in [0.25, 0.3) is 0 Å². The van der Waals surface area contributed by atoms with E-state index in [2.05, 4.69) is 32.8 Å². The third-order valence-electron chi connectivity index (χ3n) is 9.12. The molecule has 4 rings (SSSR count). The van der Waals surface area contributed by atoms with Crippen LogP contribution in [0.3, 0.4) is 0 Å². The second-order valence-electron chi connectivity index (χ2n) is 10.0. The van der Waals surface area contributed by atoms with Crippen LogP contribution in [0.5, 0.6) is 0 Å². The highest BCUT2D eigenvalue weighted by Crippen LogP contribution is 2.66. The van der Waals surface area contributed by atoms with Crippen molar-refractivity contribution in [3.8, 4) is 0 Å². The molecule has 4 saturated carbocycles. The molecule has 1 nitrogen and oxygen atoms in total. The normalized spacial score (nSPS) is 54.7. The predicted molar refractivity (Wildman–Crippen MR) is 93.8 cm³/mol. The fourth-order valence-corrected chi connectivity index (χ4v) is 8.12. The van der Waals surface area contributed by atoms with E-state index in [4.69, 9.17) is 0 Å². The maximum absolute atomic E-state index is 2.72. The Kier molecular flexibility index (Phi) is 3.68. The van der Waals surface area contributed by atoms with Gasteiger partial charge in [-0.15, -0.1) is 0 Å². The van der Waals surface area contributed by atoms with Gasteiger partial charge in [0.15, 0.2) is 0 Å². The van der Waals surface area contributed by atoms with Crippen LogP contribution in [0.25, 0.3) is 0 Å². The molecule has 7 unspecified atom stereocenters. The predicted octanol–water partition coefficient (Wildman–Crippen LogP) is 5.35. The molecule has 0 aromatic heterocycles. The fraction of sp³-hybridized carbons (Fsp3) is 1.00. The highest BCUT2D eigenvalue weighted by atomic mass is 15.1. The lowest BCUT2D eigenvalue weighted by molar-refractivity contribution is -0.135. The zero-order chi connectivity index (χ0) is 15.5. The molecule has 0 spiro atoms. The molecule has 0 aliphatic heterocycles. The van der Waals surface area contributed by atoms with Gasteiger partial charge < -0.3 is 4.90 Å². The van der Waals surface area contributed by atoms with E-state index in [1.807, 2.05) is 0 Å². The van der Waals surface area contributed by atoms with Gasteiger partial charge in [-0.2, -0.15) is 0 Å². The van der Waals surface area contributed by atoms with E-state index in [9.17, 15) is 0 Å². The van der Waals surface area contributed by atoms with Gasteiger partial charge in [0.05, 0.1) is 0 Å². The summed E-state index contributed by atoms with van der Waals surface area (Å²) in [4.78, 5) is 2.59. The van der Waals surface area contributed by atoms with Crippen LogP contribution in [-0.2, 0) is 0 Å². The second kappa shape index (κ2) is 5.23. The summed E-state index contributed by atoms with van der Waals surface area (Å²) in [6.45, 7) is 5.36. The summed E-state index contributed by atoms with van der Waals surface area (Å²) in [5, 5.41) is 0. The molecule has 126 valence electrons. The van der Waals surface area contributed by atoms with Crippen LogP contribution >= 0.6 is 0 Å². The molecular weight excluding hydrogens is 266 g/mol. The van der Waals surface area contributed by atoms with E-state index in [1.165, 1.54) is 51.4 Å². The maximum Gasteiger partial charge on any atom is 0.0148 e. The van der Waals surface area contributed by atoms with Crippen LogP contribution in [0.1, 0.15) is 78.1 Å². The van der Waals surface area contributed by atoms with Crippen molar-refractivity contribution in [2.24, 2.45) is 34.5 Å². The highest BCUT2D eigenvalue weighted by Gasteiger charge is 2.59. The van der Waals surface area contributed by atoms with Gasteiger partial charge in [0.2, 0.25) is 0 Å². The molecule has 0 bridgehead atoms. The summed E-state index contributed by atoms with van der Waals surface area (Å²) < 4.78 is 0. The molecule has 4 fully saturated rings. The van der Waals surface area contributed by atoms with Crippen LogP contribution in [0.15, 0.2) is 0 Å². The van der Waals surface area contributed by atoms with Crippen molar-refractivity contribution >= 4 is 0 Å². The molecule has 0 aromatic rings. The summed E-state index contributed by atoms with van der Waals surface area (Å²) in [5.41, 5.74) is 1.32. The minimum absolute atomic E-state index is 0.606.